The van der Waals surface area contributed by atoms with Crippen molar-refractivity contribution in [3.8, 4) is 0 Å². The van der Waals surface area contributed by atoms with Gasteiger partial charge in [0, 0.05) is 4.88 Å². The molecule has 0 amide bonds. The van der Waals surface area contributed by atoms with Crippen LogP contribution in [0, 0.1) is 5.92 Å². The predicted octanol–water partition coefficient (Wildman–Crippen LogP) is 4.90. The molecule has 0 aliphatic rings. The Kier molecular flexibility index (Phi) is 7.56. The van der Waals surface area contributed by atoms with Gasteiger partial charge in [0.25, 0.3) is 0 Å². The zero-order chi connectivity index (χ0) is 14.3. The summed E-state index contributed by atoms with van der Waals surface area (Å²) in [6, 6.07) is 3.70. The monoisotopic (exact) mass is 290 g/mol. The quantitative estimate of drug-likeness (QED) is 0.740. The van der Waals surface area contributed by atoms with Crippen LogP contribution in [0.1, 0.15) is 45.9 Å². The predicted molar refractivity (Wildman–Crippen MR) is 79.5 cm³/mol. The Bertz CT molecular complexity index is 374. The molecule has 104 valence electrons. The molecule has 18 heavy (non-hydrogen) atoms. The first-order valence-electron chi connectivity index (χ1n) is 6.18. The molecule has 0 bridgehead atoms. The Morgan fingerprint density at radius 2 is 1.94 bits per heavy atom. The van der Waals surface area contributed by atoms with E-state index in [1.807, 2.05) is 32.9 Å². The molecule has 1 aromatic heterocycles. The van der Waals surface area contributed by atoms with E-state index < -0.39 is 5.41 Å². The Morgan fingerprint density at radius 1 is 1.44 bits per heavy atom. The van der Waals surface area contributed by atoms with E-state index >= 15 is 0 Å². The molecular formula is C14H23ClO2S. The summed E-state index contributed by atoms with van der Waals surface area (Å²) in [5.41, 5.74) is -0.605. The molecule has 4 heteroatoms. The number of halogens is 1. The Hall–Kier alpha value is -0.540. The van der Waals surface area contributed by atoms with E-state index in [4.69, 9.17) is 16.3 Å². The fourth-order valence-electron chi connectivity index (χ4n) is 1.43. The maximum atomic E-state index is 11.8. The normalized spacial score (nSPS) is 13.6. The van der Waals surface area contributed by atoms with Gasteiger partial charge in [-0.1, -0.05) is 45.7 Å². The molecule has 2 nitrogen and oxygen atoms in total. The molecule has 0 N–H and O–H groups in total. The van der Waals surface area contributed by atoms with Gasteiger partial charge < -0.3 is 4.74 Å². The van der Waals surface area contributed by atoms with Crippen LogP contribution in [0.2, 0.25) is 4.34 Å². The van der Waals surface area contributed by atoms with Gasteiger partial charge >= 0.3 is 5.97 Å². The smallest absolute Gasteiger partial charge is 0.317 e. The van der Waals surface area contributed by atoms with Crippen LogP contribution in [0.5, 0.6) is 0 Å². The van der Waals surface area contributed by atoms with E-state index in [1.54, 1.807) is 0 Å². The SMILES string of the molecule is CCC.COC(=O)C(C)(c1ccc(Cl)s1)C(C)C. The minimum atomic E-state index is -0.605. The highest BCUT2D eigenvalue weighted by Crippen LogP contribution is 2.38. The van der Waals surface area contributed by atoms with Crippen LogP contribution < -0.4 is 0 Å². The lowest BCUT2D eigenvalue weighted by atomic mass is 9.78. The lowest BCUT2D eigenvalue weighted by molar-refractivity contribution is -0.148. The number of ether oxygens (including phenoxy) is 1. The first-order valence-corrected chi connectivity index (χ1v) is 7.38. The topological polar surface area (TPSA) is 26.3 Å². The van der Waals surface area contributed by atoms with Crippen molar-refractivity contribution in [3.63, 3.8) is 0 Å². The number of esters is 1. The summed E-state index contributed by atoms with van der Waals surface area (Å²) in [7, 11) is 1.41. The van der Waals surface area contributed by atoms with Gasteiger partial charge in [-0.05, 0) is 25.0 Å². The van der Waals surface area contributed by atoms with E-state index in [2.05, 4.69) is 13.8 Å². The van der Waals surface area contributed by atoms with Crippen molar-refractivity contribution in [1.29, 1.82) is 0 Å². The third-order valence-electron chi connectivity index (χ3n) is 2.85. The summed E-state index contributed by atoms with van der Waals surface area (Å²) >= 11 is 7.32. The second-order valence-corrected chi connectivity index (χ2v) is 6.37. The van der Waals surface area contributed by atoms with Crippen molar-refractivity contribution in [2.24, 2.45) is 5.92 Å². The van der Waals surface area contributed by atoms with E-state index in [9.17, 15) is 4.79 Å². The van der Waals surface area contributed by atoms with E-state index in [1.165, 1.54) is 24.9 Å². The number of hydrogen-bond donors (Lipinski definition) is 0. The number of thiophene rings is 1. The van der Waals surface area contributed by atoms with Gasteiger partial charge in [-0.25, -0.2) is 0 Å². The molecule has 1 heterocycles. The van der Waals surface area contributed by atoms with Gasteiger partial charge in [0.1, 0.15) is 5.41 Å². The highest BCUT2D eigenvalue weighted by atomic mass is 35.5. The highest BCUT2D eigenvalue weighted by molar-refractivity contribution is 7.16. The van der Waals surface area contributed by atoms with E-state index in [0.717, 1.165) is 4.88 Å². The Balaban J connectivity index is 0.000000873. The largest absolute Gasteiger partial charge is 0.468 e. The molecule has 0 fully saturated rings. The first-order chi connectivity index (χ1) is 8.34. The summed E-state index contributed by atoms with van der Waals surface area (Å²) < 4.78 is 5.56. The standard InChI is InChI=1S/C11H15ClO2S.C3H8/c1-7(2)11(3,10(13)14-4)8-5-6-9(12)15-8;1-3-2/h5-7H,1-4H3;3H2,1-2H3. The van der Waals surface area contributed by atoms with Gasteiger partial charge in [0.05, 0.1) is 11.4 Å². The van der Waals surface area contributed by atoms with Gasteiger partial charge in [-0.3, -0.25) is 4.79 Å². The summed E-state index contributed by atoms with van der Waals surface area (Å²) in [5, 5.41) is 0. The summed E-state index contributed by atoms with van der Waals surface area (Å²) in [6.07, 6.45) is 1.25. The molecule has 0 aliphatic heterocycles. The van der Waals surface area contributed by atoms with E-state index in [0.29, 0.717) is 4.34 Å². The van der Waals surface area contributed by atoms with E-state index in [-0.39, 0.29) is 11.9 Å². The van der Waals surface area contributed by atoms with Crippen LogP contribution >= 0.6 is 22.9 Å². The van der Waals surface area contributed by atoms with Gasteiger partial charge in [0.15, 0.2) is 0 Å². The van der Waals surface area contributed by atoms with Gasteiger partial charge in [0.2, 0.25) is 0 Å². The molecule has 0 saturated heterocycles. The summed E-state index contributed by atoms with van der Waals surface area (Å²) in [4.78, 5) is 12.8. The second-order valence-electron chi connectivity index (χ2n) is 4.66. The number of carbonyl (C=O) groups excluding carboxylic acids is 1. The zero-order valence-corrected chi connectivity index (χ0v) is 13.6. The lowest BCUT2D eigenvalue weighted by Crippen LogP contribution is -2.38. The molecular weight excluding hydrogens is 268 g/mol. The molecule has 0 radical (unpaired) electrons. The molecule has 0 aromatic carbocycles. The van der Waals surface area contributed by atoms with Crippen molar-refractivity contribution >= 4 is 28.9 Å². The van der Waals surface area contributed by atoms with Crippen LogP contribution in [-0.4, -0.2) is 13.1 Å². The molecule has 1 rings (SSSR count). The maximum absolute atomic E-state index is 11.8. The molecule has 0 spiro atoms. The Labute approximate surface area is 119 Å². The molecule has 0 aliphatic carbocycles. The number of methoxy groups -OCH3 is 1. The third-order valence-corrected chi connectivity index (χ3v) is 4.32. The fourth-order valence-corrected chi connectivity index (χ4v) is 2.75. The van der Waals surface area contributed by atoms with Crippen LogP contribution in [0.4, 0.5) is 0 Å². The number of hydrogen-bond acceptors (Lipinski definition) is 3. The number of carbonyl (C=O) groups is 1. The van der Waals surface area contributed by atoms with Crippen molar-refractivity contribution in [1.82, 2.24) is 0 Å². The number of rotatable bonds is 3. The maximum Gasteiger partial charge on any atom is 0.317 e. The fraction of sp³-hybridized carbons (Fsp3) is 0.643. The van der Waals surface area contributed by atoms with Crippen molar-refractivity contribution in [2.45, 2.75) is 46.5 Å². The zero-order valence-electron chi connectivity index (χ0n) is 12.0. The highest BCUT2D eigenvalue weighted by Gasteiger charge is 2.40. The first kappa shape index (κ1) is 17.5. The third kappa shape index (κ3) is 3.99. The molecule has 1 unspecified atom stereocenters. The van der Waals surface area contributed by atoms with Crippen LogP contribution in [0.15, 0.2) is 12.1 Å². The molecule has 1 aromatic rings. The average molecular weight is 291 g/mol. The second kappa shape index (κ2) is 7.80. The lowest BCUT2D eigenvalue weighted by Gasteiger charge is -2.29. The summed E-state index contributed by atoms with van der Waals surface area (Å²) in [5.74, 6) is -0.0457. The van der Waals surface area contributed by atoms with Crippen molar-refractivity contribution in [2.75, 3.05) is 7.11 Å². The van der Waals surface area contributed by atoms with Crippen molar-refractivity contribution in [3.05, 3.63) is 21.3 Å². The average Bonchev–Trinajstić information content (AvgIpc) is 2.74. The molecule has 0 saturated carbocycles. The minimum Gasteiger partial charge on any atom is -0.468 e. The minimum absolute atomic E-state index is 0.166. The van der Waals surface area contributed by atoms with Gasteiger partial charge in [-0.15, -0.1) is 11.3 Å². The van der Waals surface area contributed by atoms with Crippen LogP contribution in [0.25, 0.3) is 0 Å². The summed E-state index contributed by atoms with van der Waals surface area (Å²) in [6.45, 7) is 10.2. The van der Waals surface area contributed by atoms with Crippen LogP contribution in [0.3, 0.4) is 0 Å². The van der Waals surface area contributed by atoms with Gasteiger partial charge in [-0.2, -0.15) is 0 Å². The Morgan fingerprint density at radius 3 is 2.22 bits per heavy atom. The van der Waals surface area contributed by atoms with Crippen molar-refractivity contribution < 1.29 is 9.53 Å². The molecule has 1 atom stereocenters. The van der Waals surface area contributed by atoms with Crippen LogP contribution in [-0.2, 0) is 14.9 Å².